The third kappa shape index (κ3) is 5.40. The van der Waals surface area contributed by atoms with E-state index in [1.54, 1.807) is 42.2 Å². The summed E-state index contributed by atoms with van der Waals surface area (Å²) in [7, 11) is 0. The highest BCUT2D eigenvalue weighted by Gasteiger charge is 2.25. The van der Waals surface area contributed by atoms with Gasteiger partial charge in [-0.05, 0) is 49.2 Å². The van der Waals surface area contributed by atoms with Gasteiger partial charge in [0.2, 0.25) is 0 Å². The van der Waals surface area contributed by atoms with Gasteiger partial charge in [-0.15, -0.1) is 0 Å². The first-order valence-electron chi connectivity index (χ1n) is 10.7. The molecule has 1 saturated heterocycles. The van der Waals surface area contributed by atoms with Crippen LogP contribution in [0.1, 0.15) is 28.4 Å². The largest absolute Gasteiger partial charge is 0.489 e. The van der Waals surface area contributed by atoms with Gasteiger partial charge < -0.3 is 23.5 Å². The molecule has 2 heterocycles. The zero-order valence-corrected chi connectivity index (χ0v) is 18.5. The van der Waals surface area contributed by atoms with Gasteiger partial charge in [-0.25, -0.2) is 9.59 Å². The van der Waals surface area contributed by atoms with Crippen LogP contribution in [0.4, 0.5) is 0 Å². The SMILES string of the molecule is Cc1cc(=O)oc2cc(OCc3ccc(C(=O)OC(C)C(=O)N4CCOCC4)cc3)ccc12. The molecule has 8 heteroatoms. The maximum absolute atomic E-state index is 12.4. The fraction of sp³-hybridized carbons (Fsp3) is 0.320. The van der Waals surface area contributed by atoms with E-state index in [2.05, 4.69) is 0 Å². The second-order valence-electron chi connectivity index (χ2n) is 7.88. The topological polar surface area (TPSA) is 95.3 Å². The third-order valence-corrected chi connectivity index (χ3v) is 5.47. The first-order chi connectivity index (χ1) is 15.9. The molecule has 0 radical (unpaired) electrons. The van der Waals surface area contributed by atoms with E-state index in [0.29, 0.717) is 43.2 Å². The van der Waals surface area contributed by atoms with Gasteiger partial charge in [0.15, 0.2) is 6.10 Å². The fourth-order valence-corrected chi connectivity index (χ4v) is 3.62. The van der Waals surface area contributed by atoms with Crippen molar-refractivity contribution in [3.63, 3.8) is 0 Å². The molecule has 172 valence electrons. The summed E-state index contributed by atoms with van der Waals surface area (Å²) in [4.78, 5) is 38.1. The summed E-state index contributed by atoms with van der Waals surface area (Å²) < 4.78 is 21.6. The molecule has 4 rings (SSSR count). The lowest BCUT2D eigenvalue weighted by Gasteiger charge is -2.28. The van der Waals surface area contributed by atoms with Crippen LogP contribution in [0.5, 0.6) is 5.75 Å². The monoisotopic (exact) mass is 451 g/mol. The van der Waals surface area contributed by atoms with Crippen LogP contribution in [-0.2, 0) is 20.9 Å². The van der Waals surface area contributed by atoms with Crippen molar-refractivity contribution in [1.29, 1.82) is 0 Å². The van der Waals surface area contributed by atoms with Crippen molar-refractivity contribution in [2.45, 2.75) is 26.6 Å². The van der Waals surface area contributed by atoms with Crippen LogP contribution >= 0.6 is 0 Å². The van der Waals surface area contributed by atoms with E-state index in [1.807, 2.05) is 19.1 Å². The fourth-order valence-electron chi connectivity index (χ4n) is 3.62. The number of fused-ring (bicyclic) bond motifs is 1. The van der Waals surface area contributed by atoms with Gasteiger partial charge in [-0.2, -0.15) is 0 Å². The molecule has 1 unspecified atom stereocenters. The Morgan fingerprint density at radius 1 is 1.06 bits per heavy atom. The molecular formula is C25H25NO7. The Hall–Kier alpha value is -3.65. The summed E-state index contributed by atoms with van der Waals surface area (Å²) in [6.07, 6.45) is -0.866. The van der Waals surface area contributed by atoms with Crippen molar-refractivity contribution in [2.75, 3.05) is 26.3 Å². The highest BCUT2D eigenvalue weighted by atomic mass is 16.5. The summed E-state index contributed by atoms with van der Waals surface area (Å²) in [6.45, 7) is 5.67. The number of carbonyl (C=O) groups is 2. The van der Waals surface area contributed by atoms with Crippen LogP contribution in [-0.4, -0.2) is 49.2 Å². The predicted molar refractivity (Wildman–Crippen MR) is 120 cm³/mol. The Kier molecular flexibility index (Phi) is 6.74. The Balaban J connectivity index is 1.34. The zero-order valence-electron chi connectivity index (χ0n) is 18.5. The number of aryl methyl sites for hydroxylation is 1. The van der Waals surface area contributed by atoms with Crippen molar-refractivity contribution in [2.24, 2.45) is 0 Å². The van der Waals surface area contributed by atoms with E-state index in [1.165, 1.54) is 6.07 Å². The minimum Gasteiger partial charge on any atom is -0.489 e. The Labute approximate surface area is 190 Å². The van der Waals surface area contributed by atoms with E-state index < -0.39 is 17.7 Å². The zero-order chi connectivity index (χ0) is 23.4. The minimum absolute atomic E-state index is 0.224. The minimum atomic E-state index is -0.866. The summed E-state index contributed by atoms with van der Waals surface area (Å²) in [6, 6.07) is 13.6. The molecule has 1 amide bonds. The summed E-state index contributed by atoms with van der Waals surface area (Å²) >= 11 is 0. The van der Waals surface area contributed by atoms with Crippen molar-refractivity contribution < 1.29 is 28.2 Å². The first-order valence-corrected chi connectivity index (χ1v) is 10.7. The van der Waals surface area contributed by atoms with Gasteiger partial charge in [0, 0.05) is 30.6 Å². The van der Waals surface area contributed by atoms with E-state index >= 15 is 0 Å². The molecule has 3 aromatic rings. The summed E-state index contributed by atoms with van der Waals surface area (Å²) in [5.74, 6) is -0.218. The number of hydrogen-bond acceptors (Lipinski definition) is 7. The van der Waals surface area contributed by atoms with Gasteiger partial charge >= 0.3 is 11.6 Å². The number of ether oxygens (including phenoxy) is 3. The summed E-state index contributed by atoms with van der Waals surface area (Å²) in [5.41, 5.74) is 2.10. The van der Waals surface area contributed by atoms with Crippen LogP contribution in [0.2, 0.25) is 0 Å². The van der Waals surface area contributed by atoms with Crippen molar-refractivity contribution in [3.05, 3.63) is 75.6 Å². The normalized spacial score (nSPS) is 14.7. The first kappa shape index (κ1) is 22.5. The van der Waals surface area contributed by atoms with Gasteiger partial charge in [0.05, 0.1) is 18.8 Å². The molecule has 33 heavy (non-hydrogen) atoms. The molecule has 8 nitrogen and oxygen atoms in total. The second kappa shape index (κ2) is 9.87. The Morgan fingerprint density at radius 2 is 1.79 bits per heavy atom. The van der Waals surface area contributed by atoms with Crippen LogP contribution < -0.4 is 10.4 Å². The molecule has 0 saturated carbocycles. The highest BCUT2D eigenvalue weighted by Crippen LogP contribution is 2.23. The van der Waals surface area contributed by atoms with Crippen LogP contribution in [0.3, 0.4) is 0 Å². The van der Waals surface area contributed by atoms with Crippen molar-refractivity contribution >= 4 is 22.8 Å². The molecule has 0 N–H and O–H groups in total. The Bertz CT molecular complexity index is 1210. The molecule has 1 aliphatic heterocycles. The number of carbonyl (C=O) groups excluding carboxylic acids is 2. The van der Waals surface area contributed by atoms with Gasteiger partial charge in [-0.3, -0.25) is 4.79 Å². The number of hydrogen-bond donors (Lipinski definition) is 0. The van der Waals surface area contributed by atoms with E-state index in [9.17, 15) is 14.4 Å². The van der Waals surface area contributed by atoms with Crippen LogP contribution in [0, 0.1) is 6.92 Å². The number of esters is 1. The van der Waals surface area contributed by atoms with E-state index in [0.717, 1.165) is 16.5 Å². The average molecular weight is 451 g/mol. The molecule has 1 atom stereocenters. The molecule has 2 aromatic carbocycles. The number of amides is 1. The molecule has 0 bridgehead atoms. The van der Waals surface area contributed by atoms with Crippen LogP contribution in [0.15, 0.2) is 57.7 Å². The molecular weight excluding hydrogens is 426 g/mol. The lowest BCUT2D eigenvalue weighted by Crippen LogP contribution is -2.46. The molecule has 1 fully saturated rings. The second-order valence-corrected chi connectivity index (χ2v) is 7.88. The summed E-state index contributed by atoms with van der Waals surface area (Å²) in [5, 5.41) is 0.853. The highest BCUT2D eigenvalue weighted by molar-refractivity contribution is 5.92. The van der Waals surface area contributed by atoms with Crippen molar-refractivity contribution in [1.82, 2.24) is 4.90 Å². The maximum Gasteiger partial charge on any atom is 0.338 e. The van der Waals surface area contributed by atoms with E-state index in [-0.39, 0.29) is 12.5 Å². The van der Waals surface area contributed by atoms with Crippen molar-refractivity contribution in [3.8, 4) is 5.75 Å². The smallest absolute Gasteiger partial charge is 0.338 e. The van der Waals surface area contributed by atoms with Crippen LogP contribution in [0.25, 0.3) is 11.0 Å². The molecule has 0 aliphatic carbocycles. The lowest BCUT2D eigenvalue weighted by atomic mass is 10.1. The molecule has 1 aromatic heterocycles. The third-order valence-electron chi connectivity index (χ3n) is 5.47. The standard InChI is InChI=1S/C25H25NO7/c1-16-13-23(27)33-22-14-20(7-8-21(16)22)31-15-18-3-5-19(6-4-18)25(29)32-17(2)24(28)26-9-11-30-12-10-26/h3-8,13-14,17H,9-12,15H2,1-2H3. The maximum atomic E-state index is 12.4. The van der Waals surface area contributed by atoms with Gasteiger partial charge in [0.25, 0.3) is 5.91 Å². The lowest BCUT2D eigenvalue weighted by molar-refractivity contribution is -0.143. The average Bonchev–Trinajstić information content (AvgIpc) is 2.82. The number of benzene rings is 2. The predicted octanol–water partition coefficient (Wildman–Crippen LogP) is 3.08. The van der Waals surface area contributed by atoms with E-state index in [4.69, 9.17) is 18.6 Å². The quantitative estimate of drug-likeness (QED) is 0.420. The number of nitrogens with zero attached hydrogens (tertiary/aromatic N) is 1. The molecule has 1 aliphatic rings. The molecule has 0 spiro atoms. The Morgan fingerprint density at radius 3 is 2.52 bits per heavy atom. The van der Waals surface area contributed by atoms with Gasteiger partial charge in [0.1, 0.15) is 17.9 Å². The number of rotatable bonds is 6. The number of morpholine rings is 1. The van der Waals surface area contributed by atoms with Gasteiger partial charge in [-0.1, -0.05) is 12.1 Å².